The average molecular weight is 532 g/mol. The fourth-order valence-corrected chi connectivity index (χ4v) is 6.44. The number of amides is 1. The van der Waals surface area contributed by atoms with E-state index in [0.29, 0.717) is 19.0 Å². The molecule has 6 rings (SSSR count). The largest absolute Gasteiger partial charge is 0.378 e. The van der Waals surface area contributed by atoms with Crippen LogP contribution in [0.5, 0.6) is 0 Å². The highest BCUT2D eigenvalue weighted by Crippen LogP contribution is 2.36. The van der Waals surface area contributed by atoms with E-state index in [9.17, 15) is 4.79 Å². The van der Waals surface area contributed by atoms with Crippen molar-refractivity contribution in [1.29, 1.82) is 0 Å². The van der Waals surface area contributed by atoms with Crippen molar-refractivity contribution in [1.82, 2.24) is 24.8 Å². The van der Waals surface area contributed by atoms with Gasteiger partial charge in [0.25, 0.3) is 0 Å². The molecule has 10 heteroatoms. The van der Waals surface area contributed by atoms with Crippen LogP contribution >= 0.6 is 11.3 Å². The van der Waals surface area contributed by atoms with Gasteiger partial charge in [-0.15, -0.1) is 11.3 Å². The average Bonchev–Trinajstić information content (AvgIpc) is 3.35. The number of rotatable bonds is 6. The fourth-order valence-electron chi connectivity index (χ4n) is 5.29. The maximum atomic E-state index is 11.9. The van der Waals surface area contributed by atoms with Crippen LogP contribution in [0.25, 0.3) is 32.4 Å². The van der Waals surface area contributed by atoms with E-state index in [1.54, 1.807) is 11.3 Å². The summed E-state index contributed by atoms with van der Waals surface area (Å²) in [4.78, 5) is 34.8. The van der Waals surface area contributed by atoms with Crippen LogP contribution in [0.1, 0.15) is 18.7 Å². The maximum absolute atomic E-state index is 11.9. The van der Waals surface area contributed by atoms with E-state index in [1.165, 1.54) is 4.88 Å². The van der Waals surface area contributed by atoms with Crippen LogP contribution < -0.4 is 10.6 Å². The van der Waals surface area contributed by atoms with Crippen LogP contribution in [0.2, 0.25) is 0 Å². The Morgan fingerprint density at radius 2 is 1.82 bits per heavy atom. The molecule has 0 saturated carbocycles. The number of hydrogen-bond donors (Lipinski definition) is 1. The molecule has 0 spiro atoms. The second-order valence-corrected chi connectivity index (χ2v) is 11.6. The van der Waals surface area contributed by atoms with Crippen LogP contribution in [0.4, 0.5) is 5.82 Å². The number of primary amides is 1. The molecule has 0 atom stereocenters. The lowest BCUT2D eigenvalue weighted by Crippen LogP contribution is -2.59. The third-order valence-corrected chi connectivity index (χ3v) is 8.87. The molecule has 0 aliphatic carbocycles. The second-order valence-electron chi connectivity index (χ2n) is 10.5. The Morgan fingerprint density at radius 3 is 2.58 bits per heavy atom. The molecule has 2 N–H and O–H groups in total. The summed E-state index contributed by atoms with van der Waals surface area (Å²) in [6.07, 6.45) is 3.75. The van der Waals surface area contributed by atoms with Crippen molar-refractivity contribution >= 4 is 44.1 Å². The summed E-state index contributed by atoms with van der Waals surface area (Å²) in [7, 11) is 0. The van der Waals surface area contributed by atoms with Crippen LogP contribution in [0, 0.1) is 0 Å². The molecule has 198 valence electrons. The lowest BCUT2D eigenvalue weighted by molar-refractivity contribution is -0.129. The Hall–Kier alpha value is -3.18. The number of carbonyl (C=O) groups is 1. The second kappa shape index (κ2) is 10.2. The molecule has 1 amide bonds. The number of benzene rings is 1. The Labute approximate surface area is 226 Å². The first kappa shape index (κ1) is 25.1. The number of thiophene rings is 1. The smallest absolute Gasteiger partial charge is 0.237 e. The van der Waals surface area contributed by atoms with Gasteiger partial charge < -0.3 is 15.4 Å². The molecule has 38 heavy (non-hydrogen) atoms. The summed E-state index contributed by atoms with van der Waals surface area (Å²) >= 11 is 1.78. The number of carbonyl (C=O) groups excluding carboxylic acids is 1. The Kier molecular flexibility index (Phi) is 6.73. The third kappa shape index (κ3) is 4.73. The predicted octanol–water partition coefficient (Wildman–Crippen LogP) is 3.12. The summed E-state index contributed by atoms with van der Waals surface area (Å²) in [6.45, 7) is 11.1. The topological polar surface area (TPSA) is 101 Å². The number of anilines is 1. The molecular weight excluding hydrogens is 498 g/mol. The molecule has 0 radical (unpaired) electrons. The summed E-state index contributed by atoms with van der Waals surface area (Å²) in [5.41, 5.74) is 6.93. The number of nitrogens with zero attached hydrogens (tertiary/aromatic N) is 6. The number of piperazine rings is 1. The number of aromatic nitrogens is 3. The number of pyridine rings is 1. The summed E-state index contributed by atoms with van der Waals surface area (Å²) in [5, 5.41) is 2.17. The molecule has 3 aromatic heterocycles. The maximum Gasteiger partial charge on any atom is 0.237 e. The molecule has 1 aromatic carbocycles. The highest BCUT2D eigenvalue weighted by atomic mass is 32.1. The lowest BCUT2D eigenvalue weighted by atomic mass is 10.0. The van der Waals surface area contributed by atoms with Gasteiger partial charge in [0, 0.05) is 74.0 Å². The van der Waals surface area contributed by atoms with E-state index in [2.05, 4.69) is 37.9 Å². The number of ether oxygens (including phenoxy) is 1. The van der Waals surface area contributed by atoms with Gasteiger partial charge in [-0.25, -0.2) is 9.97 Å². The fraction of sp³-hybridized carbons (Fsp3) is 0.429. The van der Waals surface area contributed by atoms with E-state index in [0.717, 1.165) is 78.2 Å². The van der Waals surface area contributed by atoms with Crippen molar-refractivity contribution in [3.63, 3.8) is 0 Å². The van der Waals surface area contributed by atoms with Crippen LogP contribution in [0.15, 0.2) is 42.7 Å². The Bertz CT molecular complexity index is 1470. The molecule has 5 heterocycles. The van der Waals surface area contributed by atoms with Crippen molar-refractivity contribution in [2.75, 3.05) is 57.4 Å². The first-order valence-corrected chi connectivity index (χ1v) is 14.0. The quantitative estimate of drug-likeness (QED) is 0.405. The molecule has 2 aliphatic heterocycles. The van der Waals surface area contributed by atoms with Gasteiger partial charge in [0.2, 0.25) is 5.91 Å². The number of morpholine rings is 1. The zero-order valence-corrected chi connectivity index (χ0v) is 22.7. The summed E-state index contributed by atoms with van der Waals surface area (Å²) in [5.74, 6) is 1.40. The van der Waals surface area contributed by atoms with Crippen molar-refractivity contribution in [2.24, 2.45) is 5.73 Å². The highest BCUT2D eigenvalue weighted by molar-refractivity contribution is 7.19. The van der Waals surface area contributed by atoms with E-state index in [4.69, 9.17) is 20.4 Å². The number of fused-ring (bicyclic) bond motifs is 2. The Morgan fingerprint density at radius 1 is 1.05 bits per heavy atom. The zero-order chi connectivity index (χ0) is 26.3. The minimum absolute atomic E-state index is 0.276. The SMILES string of the molecule is CC(C)(C(N)=O)N1CCN(Cc2cc3nc(-c4cncc5ccccc45)nc(N4CCOCC4)c3s2)CC1. The van der Waals surface area contributed by atoms with Gasteiger partial charge in [-0.3, -0.25) is 19.6 Å². The standard InChI is InChI=1S/C28H33N7O2S/c1-28(2,27(29)36)35-9-7-33(8-10-35)18-20-15-23-24(38-20)26(34-11-13-37-14-12-34)32-25(31-23)22-17-30-16-19-5-3-4-6-21(19)22/h3-6,15-17H,7-14,18H2,1-2H3,(H2,29,36). The van der Waals surface area contributed by atoms with Crippen molar-refractivity contribution in [3.8, 4) is 11.4 Å². The van der Waals surface area contributed by atoms with Gasteiger partial charge in [0.05, 0.1) is 29.0 Å². The molecule has 0 bridgehead atoms. The monoisotopic (exact) mass is 531 g/mol. The number of nitrogens with two attached hydrogens (primary N) is 1. The zero-order valence-electron chi connectivity index (χ0n) is 21.9. The van der Waals surface area contributed by atoms with Crippen molar-refractivity contribution in [3.05, 3.63) is 47.6 Å². The normalized spacial score (nSPS) is 17.9. The molecular formula is C28H33N7O2S. The summed E-state index contributed by atoms with van der Waals surface area (Å²) < 4.78 is 6.75. The van der Waals surface area contributed by atoms with Gasteiger partial charge in [0.15, 0.2) is 11.6 Å². The van der Waals surface area contributed by atoms with Gasteiger partial charge in [-0.1, -0.05) is 24.3 Å². The first-order valence-electron chi connectivity index (χ1n) is 13.1. The van der Waals surface area contributed by atoms with E-state index in [-0.39, 0.29) is 5.91 Å². The van der Waals surface area contributed by atoms with E-state index < -0.39 is 5.54 Å². The van der Waals surface area contributed by atoms with Crippen LogP contribution in [-0.4, -0.2) is 88.7 Å². The van der Waals surface area contributed by atoms with Gasteiger partial charge in [-0.05, 0) is 25.3 Å². The van der Waals surface area contributed by atoms with Crippen molar-refractivity contribution in [2.45, 2.75) is 25.9 Å². The first-order chi connectivity index (χ1) is 18.4. The lowest BCUT2D eigenvalue weighted by Gasteiger charge is -2.42. The van der Waals surface area contributed by atoms with Gasteiger partial charge in [-0.2, -0.15) is 0 Å². The molecule has 2 fully saturated rings. The van der Waals surface area contributed by atoms with E-state index >= 15 is 0 Å². The molecule has 2 saturated heterocycles. The van der Waals surface area contributed by atoms with Crippen LogP contribution in [0.3, 0.4) is 0 Å². The van der Waals surface area contributed by atoms with Crippen LogP contribution in [-0.2, 0) is 16.1 Å². The third-order valence-electron chi connectivity index (χ3n) is 7.77. The summed E-state index contributed by atoms with van der Waals surface area (Å²) in [6, 6.07) is 10.5. The minimum Gasteiger partial charge on any atom is -0.378 e. The minimum atomic E-state index is -0.626. The predicted molar refractivity (Wildman–Crippen MR) is 151 cm³/mol. The molecule has 0 unspecified atom stereocenters. The molecule has 2 aliphatic rings. The molecule has 4 aromatic rings. The van der Waals surface area contributed by atoms with Gasteiger partial charge in [0.1, 0.15) is 0 Å². The Balaban J connectivity index is 1.32. The number of hydrogen-bond acceptors (Lipinski definition) is 9. The van der Waals surface area contributed by atoms with Crippen molar-refractivity contribution < 1.29 is 9.53 Å². The van der Waals surface area contributed by atoms with E-state index in [1.807, 2.05) is 38.4 Å². The van der Waals surface area contributed by atoms with Gasteiger partial charge >= 0.3 is 0 Å². The molecule has 9 nitrogen and oxygen atoms in total. The highest BCUT2D eigenvalue weighted by Gasteiger charge is 2.34.